The molecule has 1 aliphatic heterocycles. The summed E-state index contributed by atoms with van der Waals surface area (Å²) < 4.78 is 65.8. The molecule has 0 unspecified atom stereocenters. The molecule has 1 aliphatic rings. The number of sulfonamides is 1. The van der Waals surface area contributed by atoms with E-state index in [9.17, 15) is 21.6 Å². The fourth-order valence-corrected chi connectivity index (χ4v) is 5.95. The maximum absolute atomic E-state index is 13.0. The minimum Gasteiger partial charge on any atom is -0.345 e. The third kappa shape index (κ3) is 4.74. The Morgan fingerprint density at radius 1 is 0.969 bits per heavy atom. The van der Waals surface area contributed by atoms with Crippen molar-refractivity contribution in [2.75, 3.05) is 31.1 Å². The zero-order valence-corrected chi connectivity index (χ0v) is 19.5. The van der Waals surface area contributed by atoms with Crippen LogP contribution in [0.15, 0.2) is 52.7 Å². The van der Waals surface area contributed by atoms with E-state index >= 15 is 0 Å². The molecule has 1 aromatic heterocycles. The van der Waals surface area contributed by atoms with Crippen molar-refractivity contribution in [2.45, 2.75) is 11.1 Å². The van der Waals surface area contributed by atoms with E-state index in [2.05, 4.69) is 4.98 Å². The van der Waals surface area contributed by atoms with Gasteiger partial charge in [-0.1, -0.05) is 35.3 Å². The Morgan fingerprint density at radius 3 is 2.34 bits per heavy atom. The van der Waals surface area contributed by atoms with Crippen LogP contribution >= 0.6 is 34.5 Å². The molecule has 0 aliphatic carbocycles. The van der Waals surface area contributed by atoms with Gasteiger partial charge in [0.25, 0.3) is 0 Å². The lowest BCUT2D eigenvalue weighted by molar-refractivity contribution is -0.137. The third-order valence-electron chi connectivity index (χ3n) is 5.02. The summed E-state index contributed by atoms with van der Waals surface area (Å²) in [6.07, 6.45) is -4.61. The Hall–Kier alpha value is -1.85. The van der Waals surface area contributed by atoms with Crippen LogP contribution in [0.5, 0.6) is 0 Å². The van der Waals surface area contributed by atoms with Gasteiger partial charge in [-0.05, 0) is 30.3 Å². The average Bonchev–Trinajstić information content (AvgIpc) is 3.25. The number of rotatable bonds is 4. The summed E-state index contributed by atoms with van der Waals surface area (Å²) in [6, 6.07) is 9.04. The lowest BCUT2D eigenvalue weighted by Gasteiger charge is -2.33. The van der Waals surface area contributed by atoms with E-state index in [1.54, 1.807) is 12.1 Å². The van der Waals surface area contributed by atoms with Gasteiger partial charge < -0.3 is 4.90 Å². The molecule has 2 heterocycles. The summed E-state index contributed by atoms with van der Waals surface area (Å²) in [6.45, 7) is 1.01. The molecule has 12 heteroatoms. The highest BCUT2D eigenvalue weighted by Crippen LogP contribution is 2.33. The first kappa shape index (κ1) is 23.3. The van der Waals surface area contributed by atoms with Crippen LogP contribution in [0.1, 0.15) is 5.56 Å². The number of piperazine rings is 1. The molecular weight excluding hydrogens is 506 g/mol. The number of alkyl halides is 3. The van der Waals surface area contributed by atoms with Crippen molar-refractivity contribution in [3.8, 4) is 11.3 Å². The molecule has 0 saturated carbocycles. The van der Waals surface area contributed by atoms with Crippen molar-refractivity contribution in [2.24, 2.45) is 0 Å². The topological polar surface area (TPSA) is 53.5 Å². The second kappa shape index (κ2) is 8.83. The van der Waals surface area contributed by atoms with Gasteiger partial charge in [-0.2, -0.15) is 17.5 Å². The molecule has 0 N–H and O–H groups in total. The Bertz CT molecular complexity index is 1240. The normalized spacial score (nSPS) is 15.8. The van der Waals surface area contributed by atoms with Crippen LogP contribution in [-0.4, -0.2) is 43.9 Å². The van der Waals surface area contributed by atoms with Gasteiger partial charge in [0.1, 0.15) is 0 Å². The molecule has 4 rings (SSSR count). The van der Waals surface area contributed by atoms with Crippen LogP contribution < -0.4 is 4.90 Å². The molecule has 5 nitrogen and oxygen atoms in total. The number of hydrogen-bond donors (Lipinski definition) is 0. The lowest BCUT2D eigenvalue weighted by atomic mass is 10.2. The van der Waals surface area contributed by atoms with Gasteiger partial charge >= 0.3 is 6.18 Å². The number of aromatic nitrogens is 1. The summed E-state index contributed by atoms with van der Waals surface area (Å²) in [5.41, 5.74) is 0.546. The highest BCUT2D eigenvalue weighted by Gasteiger charge is 2.34. The summed E-state index contributed by atoms with van der Waals surface area (Å²) >= 11 is 13.4. The average molecular weight is 522 g/mol. The largest absolute Gasteiger partial charge is 0.416 e. The number of benzene rings is 2. The van der Waals surface area contributed by atoms with Crippen LogP contribution in [0.4, 0.5) is 18.3 Å². The summed E-state index contributed by atoms with van der Waals surface area (Å²) in [5.74, 6) is 0. The van der Waals surface area contributed by atoms with Gasteiger partial charge in [-0.25, -0.2) is 13.4 Å². The number of anilines is 1. The van der Waals surface area contributed by atoms with Crippen molar-refractivity contribution in [1.29, 1.82) is 0 Å². The van der Waals surface area contributed by atoms with Gasteiger partial charge in [-0.3, -0.25) is 0 Å². The lowest BCUT2D eigenvalue weighted by Crippen LogP contribution is -2.48. The second-order valence-corrected chi connectivity index (χ2v) is 10.6. The van der Waals surface area contributed by atoms with E-state index in [0.717, 1.165) is 28.5 Å². The van der Waals surface area contributed by atoms with E-state index in [0.29, 0.717) is 29.2 Å². The predicted octanol–water partition coefficient (Wildman–Crippen LogP) is 5.65. The van der Waals surface area contributed by atoms with Crippen molar-refractivity contribution in [3.05, 3.63) is 63.5 Å². The fourth-order valence-electron chi connectivity index (χ4n) is 3.30. The van der Waals surface area contributed by atoms with E-state index in [1.165, 1.54) is 21.7 Å². The Kier molecular flexibility index (Phi) is 6.43. The minimum atomic E-state index is -4.61. The van der Waals surface area contributed by atoms with Gasteiger partial charge in [0.05, 0.1) is 26.2 Å². The SMILES string of the molecule is O=S(=O)(c1cccc(C(F)(F)F)c1)N1CCN(c2nc(-c3ccc(Cl)c(Cl)c3)cs2)CC1. The number of hydrogen-bond acceptors (Lipinski definition) is 5. The predicted molar refractivity (Wildman–Crippen MR) is 120 cm³/mol. The van der Waals surface area contributed by atoms with Crippen molar-refractivity contribution < 1.29 is 21.6 Å². The molecule has 1 fully saturated rings. The molecule has 170 valence electrons. The highest BCUT2D eigenvalue weighted by atomic mass is 35.5. The highest BCUT2D eigenvalue weighted by molar-refractivity contribution is 7.89. The van der Waals surface area contributed by atoms with Crippen LogP contribution in [0.3, 0.4) is 0 Å². The molecule has 3 aromatic rings. The van der Waals surface area contributed by atoms with Crippen molar-refractivity contribution in [3.63, 3.8) is 0 Å². The standard InChI is InChI=1S/C20H16Cl2F3N3O2S2/c21-16-5-4-13(10-17(16)22)18-12-31-19(26-18)27-6-8-28(9-7-27)32(29,30)15-3-1-2-14(11-15)20(23,24)25/h1-5,10-12H,6-9H2. The molecule has 2 aromatic carbocycles. The maximum atomic E-state index is 13.0. The maximum Gasteiger partial charge on any atom is 0.416 e. The van der Waals surface area contributed by atoms with Gasteiger partial charge in [0, 0.05) is 37.1 Å². The number of nitrogens with zero attached hydrogens (tertiary/aromatic N) is 3. The van der Waals surface area contributed by atoms with Crippen LogP contribution in [-0.2, 0) is 16.2 Å². The molecule has 0 atom stereocenters. The van der Waals surface area contributed by atoms with Crippen LogP contribution in [0.25, 0.3) is 11.3 Å². The van der Waals surface area contributed by atoms with E-state index in [1.807, 2.05) is 16.3 Å². The zero-order chi connectivity index (χ0) is 23.1. The second-order valence-electron chi connectivity index (χ2n) is 7.06. The van der Waals surface area contributed by atoms with Crippen LogP contribution in [0, 0.1) is 0 Å². The molecule has 1 saturated heterocycles. The zero-order valence-electron chi connectivity index (χ0n) is 16.3. The molecule has 32 heavy (non-hydrogen) atoms. The first-order chi connectivity index (χ1) is 15.1. The molecular formula is C20H16Cl2F3N3O2S2. The number of thiazole rings is 1. The van der Waals surface area contributed by atoms with E-state index < -0.39 is 21.8 Å². The molecule has 0 radical (unpaired) electrons. The van der Waals surface area contributed by atoms with Crippen LogP contribution in [0.2, 0.25) is 10.0 Å². The first-order valence-corrected chi connectivity index (χ1v) is 12.5. The Morgan fingerprint density at radius 2 is 1.69 bits per heavy atom. The molecule has 0 amide bonds. The fraction of sp³-hybridized carbons (Fsp3) is 0.250. The third-order valence-corrected chi connectivity index (χ3v) is 8.55. The van der Waals surface area contributed by atoms with Gasteiger partial charge in [-0.15, -0.1) is 11.3 Å². The summed E-state index contributed by atoms with van der Waals surface area (Å²) in [5, 5.41) is 3.47. The van der Waals surface area contributed by atoms with Gasteiger partial charge in [0.2, 0.25) is 10.0 Å². The minimum absolute atomic E-state index is 0.139. The monoisotopic (exact) mass is 521 g/mol. The number of halogens is 5. The van der Waals surface area contributed by atoms with Crippen molar-refractivity contribution in [1.82, 2.24) is 9.29 Å². The van der Waals surface area contributed by atoms with Gasteiger partial charge in [0.15, 0.2) is 5.13 Å². The Balaban J connectivity index is 1.46. The van der Waals surface area contributed by atoms with E-state index in [-0.39, 0.29) is 18.0 Å². The molecule has 0 bridgehead atoms. The quantitative estimate of drug-likeness (QED) is 0.445. The first-order valence-electron chi connectivity index (χ1n) is 9.39. The smallest absolute Gasteiger partial charge is 0.345 e. The van der Waals surface area contributed by atoms with Crippen molar-refractivity contribution >= 4 is 49.7 Å². The summed E-state index contributed by atoms with van der Waals surface area (Å²) in [7, 11) is -4.03. The summed E-state index contributed by atoms with van der Waals surface area (Å²) in [4.78, 5) is 6.19. The van der Waals surface area contributed by atoms with E-state index in [4.69, 9.17) is 23.2 Å². The Labute approximate surface area is 197 Å². The molecule has 0 spiro atoms.